The lowest BCUT2D eigenvalue weighted by Crippen LogP contribution is -2.00. The van der Waals surface area contributed by atoms with Crippen molar-refractivity contribution in [3.63, 3.8) is 0 Å². The lowest BCUT2D eigenvalue weighted by molar-refractivity contribution is 0.621. The van der Waals surface area contributed by atoms with Gasteiger partial charge in [-0.3, -0.25) is 0 Å². The highest BCUT2D eigenvalue weighted by atomic mass is 79.9. The molecule has 2 aromatic rings. The standard InChI is InChI=1S/C13H9Br2F2N/c14-11-4-3-10(6-13(11)17)18-7-8-1-2-9(16)5-12(8)15/h1-6,18H,7H2. The number of hydrogen-bond acceptors (Lipinski definition) is 1. The average Bonchev–Trinajstić information content (AvgIpc) is 2.32. The Morgan fingerprint density at radius 1 is 0.944 bits per heavy atom. The fourth-order valence-electron chi connectivity index (χ4n) is 1.47. The second-order valence-electron chi connectivity index (χ2n) is 3.72. The van der Waals surface area contributed by atoms with Crippen LogP contribution in [0.25, 0.3) is 0 Å². The number of anilines is 1. The molecule has 0 heterocycles. The summed E-state index contributed by atoms with van der Waals surface area (Å²) in [7, 11) is 0. The van der Waals surface area contributed by atoms with Crippen LogP contribution >= 0.6 is 31.9 Å². The third-order valence-electron chi connectivity index (χ3n) is 2.42. The van der Waals surface area contributed by atoms with Crippen molar-refractivity contribution in [3.8, 4) is 0 Å². The summed E-state index contributed by atoms with van der Waals surface area (Å²) in [4.78, 5) is 0. The maximum absolute atomic E-state index is 13.3. The minimum absolute atomic E-state index is 0.291. The van der Waals surface area contributed by atoms with E-state index in [1.54, 1.807) is 18.2 Å². The third-order valence-corrected chi connectivity index (χ3v) is 3.80. The zero-order valence-electron chi connectivity index (χ0n) is 9.18. The molecule has 0 saturated heterocycles. The van der Waals surface area contributed by atoms with E-state index in [1.165, 1.54) is 18.2 Å². The second-order valence-corrected chi connectivity index (χ2v) is 5.43. The maximum Gasteiger partial charge on any atom is 0.139 e. The lowest BCUT2D eigenvalue weighted by Gasteiger charge is -2.09. The Bertz CT molecular complexity index is 573. The number of nitrogens with one attached hydrogen (secondary N) is 1. The molecule has 0 unspecified atom stereocenters. The highest BCUT2D eigenvalue weighted by molar-refractivity contribution is 9.10. The topological polar surface area (TPSA) is 12.0 Å². The molecule has 0 atom stereocenters. The molecule has 1 nitrogen and oxygen atoms in total. The van der Waals surface area contributed by atoms with E-state index in [0.29, 0.717) is 21.2 Å². The molecule has 18 heavy (non-hydrogen) atoms. The van der Waals surface area contributed by atoms with Crippen molar-refractivity contribution in [2.75, 3.05) is 5.32 Å². The molecule has 0 amide bonds. The van der Waals surface area contributed by atoms with Crippen molar-refractivity contribution < 1.29 is 8.78 Å². The van der Waals surface area contributed by atoms with Crippen LogP contribution in [0.4, 0.5) is 14.5 Å². The van der Waals surface area contributed by atoms with Crippen molar-refractivity contribution in [1.29, 1.82) is 0 Å². The maximum atomic E-state index is 13.3. The summed E-state index contributed by atoms with van der Waals surface area (Å²) in [6.45, 7) is 0.488. The van der Waals surface area contributed by atoms with Gasteiger partial charge in [0.25, 0.3) is 0 Å². The lowest BCUT2D eigenvalue weighted by atomic mass is 10.2. The first kappa shape index (κ1) is 13.5. The fourth-order valence-corrected chi connectivity index (χ4v) is 2.21. The van der Waals surface area contributed by atoms with Gasteiger partial charge in [0.05, 0.1) is 4.47 Å². The Morgan fingerprint density at radius 2 is 1.72 bits per heavy atom. The van der Waals surface area contributed by atoms with Crippen molar-refractivity contribution in [2.24, 2.45) is 0 Å². The smallest absolute Gasteiger partial charge is 0.139 e. The van der Waals surface area contributed by atoms with Crippen LogP contribution in [-0.4, -0.2) is 0 Å². The summed E-state index contributed by atoms with van der Waals surface area (Å²) >= 11 is 6.38. The molecule has 5 heteroatoms. The average molecular weight is 377 g/mol. The van der Waals surface area contributed by atoms with Crippen LogP contribution in [0.1, 0.15) is 5.56 Å². The van der Waals surface area contributed by atoms with Crippen LogP contribution in [0.15, 0.2) is 45.3 Å². The van der Waals surface area contributed by atoms with E-state index >= 15 is 0 Å². The molecule has 0 aliphatic rings. The van der Waals surface area contributed by atoms with Crippen molar-refractivity contribution in [3.05, 3.63) is 62.5 Å². The second kappa shape index (κ2) is 5.80. The molecular weight excluding hydrogens is 368 g/mol. The quantitative estimate of drug-likeness (QED) is 0.785. The van der Waals surface area contributed by atoms with Gasteiger partial charge in [-0.15, -0.1) is 0 Å². The van der Waals surface area contributed by atoms with Gasteiger partial charge < -0.3 is 5.32 Å². The Balaban J connectivity index is 2.09. The van der Waals surface area contributed by atoms with Crippen LogP contribution < -0.4 is 5.32 Å². The molecule has 1 N–H and O–H groups in total. The number of hydrogen-bond donors (Lipinski definition) is 1. The molecule has 0 aliphatic heterocycles. The van der Waals surface area contributed by atoms with E-state index in [4.69, 9.17) is 0 Å². The van der Waals surface area contributed by atoms with E-state index in [1.807, 2.05) is 0 Å². The zero-order chi connectivity index (χ0) is 13.1. The largest absolute Gasteiger partial charge is 0.381 e. The van der Waals surface area contributed by atoms with Gasteiger partial charge in [-0.25, -0.2) is 8.78 Å². The van der Waals surface area contributed by atoms with Gasteiger partial charge in [-0.05, 0) is 51.8 Å². The molecule has 0 bridgehead atoms. The molecule has 94 valence electrons. The Kier molecular flexibility index (Phi) is 4.35. The van der Waals surface area contributed by atoms with Crippen molar-refractivity contribution in [1.82, 2.24) is 0 Å². The molecule has 2 rings (SSSR count). The molecule has 2 aromatic carbocycles. The number of halogens is 4. The summed E-state index contributed by atoms with van der Waals surface area (Å²) in [6, 6.07) is 9.29. The third kappa shape index (κ3) is 3.29. The van der Waals surface area contributed by atoms with Crippen molar-refractivity contribution >= 4 is 37.5 Å². The number of rotatable bonds is 3. The predicted octanol–water partition coefficient (Wildman–Crippen LogP) is 5.10. The Morgan fingerprint density at radius 3 is 2.39 bits per heavy atom. The molecule has 0 aliphatic carbocycles. The predicted molar refractivity (Wildman–Crippen MR) is 75.5 cm³/mol. The highest BCUT2D eigenvalue weighted by Gasteiger charge is 2.03. The van der Waals surface area contributed by atoms with Gasteiger partial charge in [0.1, 0.15) is 11.6 Å². The minimum atomic E-state index is -0.321. The SMILES string of the molecule is Fc1ccc(CNc2ccc(Br)c(F)c2)c(Br)c1. The van der Waals surface area contributed by atoms with Gasteiger partial charge in [0.2, 0.25) is 0 Å². The number of benzene rings is 2. The zero-order valence-corrected chi connectivity index (χ0v) is 12.4. The van der Waals surface area contributed by atoms with Gasteiger partial charge in [-0.2, -0.15) is 0 Å². The van der Waals surface area contributed by atoms with Crippen LogP contribution in [0, 0.1) is 11.6 Å². The van der Waals surface area contributed by atoms with E-state index < -0.39 is 0 Å². The van der Waals surface area contributed by atoms with Gasteiger partial charge >= 0.3 is 0 Å². The monoisotopic (exact) mass is 375 g/mol. The molecule has 0 radical (unpaired) electrons. The first-order chi connectivity index (χ1) is 8.56. The van der Waals surface area contributed by atoms with E-state index in [2.05, 4.69) is 37.2 Å². The Labute approximate surface area is 120 Å². The minimum Gasteiger partial charge on any atom is -0.381 e. The normalized spacial score (nSPS) is 10.4. The van der Waals surface area contributed by atoms with Gasteiger partial charge in [0, 0.05) is 16.7 Å². The van der Waals surface area contributed by atoms with E-state index in [0.717, 1.165) is 5.56 Å². The first-order valence-electron chi connectivity index (χ1n) is 5.19. The van der Waals surface area contributed by atoms with Crippen LogP contribution in [0.3, 0.4) is 0 Å². The fraction of sp³-hybridized carbons (Fsp3) is 0.0769. The summed E-state index contributed by atoms with van der Waals surface area (Å²) in [6.07, 6.45) is 0. The van der Waals surface area contributed by atoms with Crippen LogP contribution in [0.2, 0.25) is 0 Å². The van der Waals surface area contributed by atoms with Crippen LogP contribution in [0.5, 0.6) is 0 Å². The molecule has 0 spiro atoms. The van der Waals surface area contributed by atoms with Gasteiger partial charge in [-0.1, -0.05) is 22.0 Å². The Hall–Kier alpha value is -0.940. The molecular formula is C13H9Br2F2N. The van der Waals surface area contributed by atoms with Gasteiger partial charge in [0.15, 0.2) is 0 Å². The molecule has 0 fully saturated rings. The summed E-state index contributed by atoms with van der Waals surface area (Å²) in [5, 5.41) is 3.08. The molecule has 0 aromatic heterocycles. The highest BCUT2D eigenvalue weighted by Crippen LogP contribution is 2.22. The molecule has 0 saturated carbocycles. The summed E-state index contributed by atoms with van der Waals surface area (Å²) in [5.74, 6) is -0.613. The van der Waals surface area contributed by atoms with E-state index in [-0.39, 0.29) is 11.6 Å². The summed E-state index contributed by atoms with van der Waals surface area (Å²) < 4.78 is 27.3. The summed E-state index contributed by atoms with van der Waals surface area (Å²) in [5.41, 5.74) is 1.58. The van der Waals surface area contributed by atoms with E-state index in [9.17, 15) is 8.78 Å². The first-order valence-corrected chi connectivity index (χ1v) is 6.78. The van der Waals surface area contributed by atoms with Crippen LogP contribution in [-0.2, 0) is 6.54 Å². The van der Waals surface area contributed by atoms with Crippen molar-refractivity contribution in [2.45, 2.75) is 6.54 Å².